The van der Waals surface area contributed by atoms with Gasteiger partial charge in [0, 0.05) is 27.3 Å². The van der Waals surface area contributed by atoms with Crippen LogP contribution in [0.4, 0.5) is 17.3 Å². The van der Waals surface area contributed by atoms with Crippen LogP contribution < -0.4 is 9.64 Å². The van der Waals surface area contributed by atoms with Crippen LogP contribution >= 0.6 is 0 Å². The fourth-order valence-electron chi connectivity index (χ4n) is 6.13. The van der Waals surface area contributed by atoms with Crippen molar-refractivity contribution in [2.45, 2.75) is 0 Å². The van der Waals surface area contributed by atoms with Gasteiger partial charge in [-0.15, -0.1) is 0 Å². The van der Waals surface area contributed by atoms with E-state index in [1.165, 1.54) is 0 Å². The van der Waals surface area contributed by atoms with Gasteiger partial charge in [0.05, 0.1) is 17.1 Å². The average Bonchev–Trinajstić information content (AvgIpc) is 3.48. The summed E-state index contributed by atoms with van der Waals surface area (Å²) < 4.78 is 13.4. The number of hydrogen-bond acceptors (Lipinski definition) is 5. The van der Waals surface area contributed by atoms with Gasteiger partial charge in [0.1, 0.15) is 11.3 Å². The van der Waals surface area contributed by atoms with Crippen molar-refractivity contribution in [3.63, 3.8) is 0 Å². The Balaban J connectivity index is 1.42. The van der Waals surface area contributed by atoms with Crippen LogP contribution in [0.15, 0.2) is 144 Å². The molecule has 0 fully saturated rings. The van der Waals surface area contributed by atoms with Crippen LogP contribution in [-0.2, 0) is 0 Å². The molecule has 1 aliphatic rings. The topological polar surface area (TPSA) is 51.4 Å². The normalized spacial score (nSPS) is 12.3. The molecule has 6 aromatic carbocycles. The lowest BCUT2D eigenvalue weighted by Crippen LogP contribution is -2.19. The standard InChI is InChI=1S/C38H23N3O2/c1-3-13-24(14-4-1)29-23-30(25-15-5-2-6-16-25)40-38(39-29)41-31-20-10-12-22-33(31)43-36-27-18-8-7-17-26(27)34-28-19-9-11-21-32(28)42-37(34)35(36)41/h1-23H. The van der Waals surface area contributed by atoms with E-state index in [9.17, 15) is 0 Å². The van der Waals surface area contributed by atoms with Crippen molar-refractivity contribution >= 4 is 50.0 Å². The van der Waals surface area contributed by atoms with E-state index in [1.54, 1.807) is 0 Å². The summed E-state index contributed by atoms with van der Waals surface area (Å²) in [4.78, 5) is 12.5. The first-order valence-corrected chi connectivity index (χ1v) is 14.3. The highest BCUT2D eigenvalue weighted by Gasteiger charge is 2.34. The van der Waals surface area contributed by atoms with E-state index in [2.05, 4.69) is 59.5 Å². The molecule has 0 amide bonds. The molecule has 5 heteroatoms. The molecule has 0 bridgehead atoms. The Labute approximate surface area is 247 Å². The zero-order valence-corrected chi connectivity index (χ0v) is 22.9. The van der Waals surface area contributed by atoms with Crippen molar-refractivity contribution in [1.29, 1.82) is 0 Å². The molecule has 1 aliphatic heterocycles. The number of hydrogen-bond donors (Lipinski definition) is 0. The maximum absolute atomic E-state index is 6.72. The van der Waals surface area contributed by atoms with E-state index in [0.29, 0.717) is 5.95 Å². The van der Waals surface area contributed by atoms with Gasteiger partial charge in [-0.05, 0) is 29.7 Å². The molecular formula is C38H23N3O2. The lowest BCUT2D eigenvalue weighted by atomic mass is 9.99. The molecule has 0 N–H and O–H groups in total. The first-order chi connectivity index (χ1) is 21.3. The molecule has 5 nitrogen and oxygen atoms in total. The molecule has 202 valence electrons. The summed E-state index contributed by atoms with van der Waals surface area (Å²) >= 11 is 0. The number of rotatable bonds is 3. The molecule has 0 unspecified atom stereocenters. The van der Waals surface area contributed by atoms with Crippen LogP contribution in [0.3, 0.4) is 0 Å². The fraction of sp³-hybridized carbons (Fsp3) is 0. The number of fused-ring (bicyclic) bond motifs is 9. The Morgan fingerprint density at radius 1 is 0.535 bits per heavy atom. The fourth-order valence-corrected chi connectivity index (χ4v) is 6.13. The van der Waals surface area contributed by atoms with Crippen molar-refractivity contribution in [2.75, 3.05) is 4.90 Å². The highest BCUT2D eigenvalue weighted by Crippen LogP contribution is 2.57. The largest absolute Gasteiger partial charge is 0.454 e. The van der Waals surface area contributed by atoms with Crippen LogP contribution in [0.2, 0.25) is 0 Å². The Morgan fingerprint density at radius 3 is 1.84 bits per heavy atom. The molecule has 0 saturated heterocycles. The van der Waals surface area contributed by atoms with Crippen LogP contribution in [0.25, 0.3) is 55.2 Å². The van der Waals surface area contributed by atoms with E-state index in [4.69, 9.17) is 19.1 Å². The molecule has 3 heterocycles. The predicted molar refractivity (Wildman–Crippen MR) is 172 cm³/mol. The lowest BCUT2D eigenvalue weighted by molar-refractivity contribution is 0.481. The van der Waals surface area contributed by atoms with Gasteiger partial charge in [-0.1, -0.05) is 115 Å². The molecule has 0 radical (unpaired) electrons. The minimum absolute atomic E-state index is 0.536. The van der Waals surface area contributed by atoms with Gasteiger partial charge < -0.3 is 9.15 Å². The predicted octanol–water partition coefficient (Wildman–Crippen LogP) is 10.4. The summed E-state index contributed by atoms with van der Waals surface area (Å²) in [5.74, 6) is 1.98. The minimum atomic E-state index is 0.536. The number of aromatic nitrogens is 2. The maximum Gasteiger partial charge on any atom is 0.236 e. The van der Waals surface area contributed by atoms with Crippen molar-refractivity contribution in [2.24, 2.45) is 0 Å². The van der Waals surface area contributed by atoms with Crippen molar-refractivity contribution in [1.82, 2.24) is 9.97 Å². The third kappa shape index (κ3) is 3.65. The Bertz CT molecular complexity index is 2270. The molecule has 0 spiro atoms. The quantitative estimate of drug-likeness (QED) is 0.218. The van der Waals surface area contributed by atoms with Gasteiger partial charge in [0.2, 0.25) is 5.95 Å². The van der Waals surface area contributed by atoms with E-state index >= 15 is 0 Å². The van der Waals surface area contributed by atoms with Gasteiger partial charge in [0.25, 0.3) is 0 Å². The van der Waals surface area contributed by atoms with Crippen molar-refractivity contribution in [3.8, 4) is 34.0 Å². The second-order valence-corrected chi connectivity index (χ2v) is 10.6. The first-order valence-electron chi connectivity index (χ1n) is 14.3. The number of furan rings is 1. The molecule has 0 atom stereocenters. The monoisotopic (exact) mass is 553 g/mol. The lowest BCUT2D eigenvalue weighted by Gasteiger charge is -2.32. The van der Waals surface area contributed by atoms with Crippen molar-refractivity contribution < 1.29 is 9.15 Å². The summed E-state index contributed by atoms with van der Waals surface area (Å²) in [7, 11) is 0. The molecule has 0 aliphatic carbocycles. The van der Waals surface area contributed by atoms with Gasteiger partial charge in [0.15, 0.2) is 17.1 Å². The number of ether oxygens (including phenoxy) is 1. The molecule has 8 aromatic rings. The van der Waals surface area contributed by atoms with Crippen LogP contribution in [-0.4, -0.2) is 9.97 Å². The molecular weight excluding hydrogens is 530 g/mol. The Kier molecular flexibility index (Phi) is 5.13. The zero-order valence-electron chi connectivity index (χ0n) is 22.9. The Morgan fingerprint density at radius 2 is 1.12 bits per heavy atom. The summed E-state index contributed by atoms with van der Waals surface area (Å²) in [6.45, 7) is 0. The molecule has 0 saturated carbocycles. The van der Waals surface area contributed by atoms with Crippen LogP contribution in [0.1, 0.15) is 0 Å². The van der Waals surface area contributed by atoms with Gasteiger partial charge in [-0.25, -0.2) is 9.97 Å². The number of benzene rings is 6. The third-order valence-corrected chi connectivity index (χ3v) is 8.06. The van der Waals surface area contributed by atoms with E-state index in [1.807, 2.05) is 84.9 Å². The smallest absolute Gasteiger partial charge is 0.236 e. The van der Waals surface area contributed by atoms with Gasteiger partial charge >= 0.3 is 0 Å². The average molecular weight is 554 g/mol. The van der Waals surface area contributed by atoms with Crippen molar-refractivity contribution in [3.05, 3.63) is 140 Å². The third-order valence-electron chi connectivity index (χ3n) is 8.06. The number of nitrogens with zero attached hydrogens (tertiary/aromatic N) is 3. The van der Waals surface area contributed by atoms with Crippen LogP contribution in [0.5, 0.6) is 11.5 Å². The zero-order chi connectivity index (χ0) is 28.3. The summed E-state index contributed by atoms with van der Waals surface area (Å²) in [5.41, 5.74) is 6.87. The first kappa shape index (κ1) is 23.7. The summed E-state index contributed by atoms with van der Waals surface area (Å²) in [5, 5.41) is 4.17. The van der Waals surface area contributed by atoms with E-state index < -0.39 is 0 Å². The summed E-state index contributed by atoms with van der Waals surface area (Å²) in [6, 6.07) is 47.1. The number of para-hydroxylation sites is 3. The molecule has 2 aromatic heterocycles. The number of anilines is 3. The molecule has 43 heavy (non-hydrogen) atoms. The van der Waals surface area contributed by atoms with Crippen LogP contribution in [0, 0.1) is 0 Å². The van der Waals surface area contributed by atoms with Gasteiger partial charge in [-0.2, -0.15) is 0 Å². The highest BCUT2D eigenvalue weighted by molar-refractivity contribution is 6.25. The van der Waals surface area contributed by atoms with E-state index in [0.717, 1.165) is 78.1 Å². The maximum atomic E-state index is 6.72. The molecule has 9 rings (SSSR count). The van der Waals surface area contributed by atoms with Gasteiger partial charge in [-0.3, -0.25) is 4.90 Å². The second kappa shape index (κ2) is 9.29. The second-order valence-electron chi connectivity index (χ2n) is 10.6. The SMILES string of the molecule is c1ccc(-c2cc(-c3ccccc3)nc(N3c4ccccc4Oc4c3c3oc5ccccc5c3c3ccccc43)n2)cc1. The highest BCUT2D eigenvalue weighted by atomic mass is 16.5. The summed E-state index contributed by atoms with van der Waals surface area (Å²) in [6.07, 6.45) is 0. The minimum Gasteiger partial charge on any atom is -0.454 e. The Hall–Kier alpha value is -5.94. The van der Waals surface area contributed by atoms with E-state index in [-0.39, 0.29) is 0 Å².